The number of amides is 1. The molecule has 0 spiro atoms. The van der Waals surface area contributed by atoms with E-state index in [4.69, 9.17) is 9.40 Å². The molecule has 0 aliphatic carbocycles. The molecule has 0 unspecified atom stereocenters. The Bertz CT molecular complexity index is 1100. The molecule has 3 aromatic rings. The predicted molar refractivity (Wildman–Crippen MR) is 120 cm³/mol. The number of furan rings is 1. The molecule has 1 fully saturated rings. The van der Waals surface area contributed by atoms with Gasteiger partial charge in [-0.15, -0.1) is 0 Å². The van der Waals surface area contributed by atoms with E-state index in [2.05, 4.69) is 24.8 Å². The Labute approximate surface area is 182 Å². The van der Waals surface area contributed by atoms with Crippen LogP contribution in [0.3, 0.4) is 0 Å². The first-order valence-corrected chi connectivity index (χ1v) is 10.6. The first-order chi connectivity index (χ1) is 15.0. The smallest absolute Gasteiger partial charge is 0.257 e. The van der Waals surface area contributed by atoms with Crippen molar-refractivity contribution in [2.24, 2.45) is 0 Å². The molecule has 0 bridgehead atoms. The van der Waals surface area contributed by atoms with Crippen LogP contribution in [0.5, 0.6) is 0 Å². The molecule has 31 heavy (non-hydrogen) atoms. The Kier molecular flexibility index (Phi) is 5.77. The van der Waals surface area contributed by atoms with E-state index in [1.807, 2.05) is 48.2 Å². The molecule has 0 N–H and O–H groups in total. The van der Waals surface area contributed by atoms with E-state index in [9.17, 15) is 10.1 Å². The molecular weight excluding hydrogens is 388 g/mol. The summed E-state index contributed by atoms with van der Waals surface area (Å²) in [5.74, 6) is 0.882. The van der Waals surface area contributed by atoms with Gasteiger partial charge in [0.15, 0.2) is 0 Å². The van der Waals surface area contributed by atoms with E-state index in [1.165, 1.54) is 12.5 Å². The van der Waals surface area contributed by atoms with E-state index in [0.717, 1.165) is 16.8 Å². The molecule has 6 heteroatoms. The third-order valence-corrected chi connectivity index (χ3v) is 5.74. The lowest BCUT2D eigenvalue weighted by atomic mass is 9.96. The van der Waals surface area contributed by atoms with Gasteiger partial charge in [-0.05, 0) is 30.5 Å². The first-order valence-electron chi connectivity index (χ1n) is 10.6. The third kappa shape index (κ3) is 4.04. The maximum atomic E-state index is 12.8. The maximum absolute atomic E-state index is 12.8. The molecule has 1 saturated heterocycles. The Morgan fingerprint density at radius 1 is 1.23 bits per heavy atom. The molecule has 2 aromatic heterocycles. The SMILES string of the molecule is CC(C)c1nc(N2CCN(C(=O)c3ccoc3)[C@H](C)C2)c(C#N)cc1-c1ccccc1. The summed E-state index contributed by atoms with van der Waals surface area (Å²) >= 11 is 0. The van der Waals surface area contributed by atoms with Crippen LogP contribution in [0.2, 0.25) is 0 Å². The number of carbonyl (C=O) groups is 1. The summed E-state index contributed by atoms with van der Waals surface area (Å²) < 4.78 is 5.06. The minimum absolute atomic E-state index is 0.0132. The maximum Gasteiger partial charge on any atom is 0.257 e. The van der Waals surface area contributed by atoms with Gasteiger partial charge in [-0.25, -0.2) is 4.98 Å². The summed E-state index contributed by atoms with van der Waals surface area (Å²) in [4.78, 5) is 21.7. The molecule has 1 aliphatic heterocycles. The number of nitriles is 1. The van der Waals surface area contributed by atoms with Crippen LogP contribution < -0.4 is 4.90 Å². The average molecular weight is 415 g/mol. The summed E-state index contributed by atoms with van der Waals surface area (Å²) in [6.45, 7) is 8.07. The van der Waals surface area contributed by atoms with Crippen molar-refractivity contribution in [3.05, 3.63) is 71.8 Å². The zero-order valence-corrected chi connectivity index (χ0v) is 18.1. The molecule has 1 aromatic carbocycles. The number of rotatable bonds is 4. The number of pyridine rings is 1. The lowest BCUT2D eigenvalue weighted by Crippen LogP contribution is -2.54. The molecule has 0 saturated carbocycles. The number of benzene rings is 1. The van der Waals surface area contributed by atoms with Crippen LogP contribution in [0.15, 0.2) is 59.4 Å². The number of piperazine rings is 1. The van der Waals surface area contributed by atoms with E-state index in [0.29, 0.717) is 36.6 Å². The molecular formula is C25H26N4O2. The molecule has 4 rings (SSSR count). The van der Waals surface area contributed by atoms with Crippen molar-refractivity contribution in [2.45, 2.75) is 32.7 Å². The highest BCUT2D eigenvalue weighted by atomic mass is 16.3. The molecule has 1 atom stereocenters. The van der Waals surface area contributed by atoms with Gasteiger partial charge in [-0.1, -0.05) is 44.2 Å². The highest BCUT2D eigenvalue weighted by molar-refractivity contribution is 5.94. The fourth-order valence-electron chi connectivity index (χ4n) is 4.13. The Morgan fingerprint density at radius 2 is 2.00 bits per heavy atom. The van der Waals surface area contributed by atoms with Gasteiger partial charge in [0.2, 0.25) is 0 Å². The van der Waals surface area contributed by atoms with Crippen molar-refractivity contribution in [3.8, 4) is 17.2 Å². The average Bonchev–Trinajstić information content (AvgIpc) is 3.33. The fourth-order valence-corrected chi connectivity index (χ4v) is 4.13. The van der Waals surface area contributed by atoms with Gasteiger partial charge in [0.25, 0.3) is 5.91 Å². The van der Waals surface area contributed by atoms with Gasteiger partial charge in [-0.3, -0.25) is 4.79 Å². The van der Waals surface area contributed by atoms with Crippen LogP contribution in [0, 0.1) is 11.3 Å². The van der Waals surface area contributed by atoms with Crippen LogP contribution >= 0.6 is 0 Å². The zero-order valence-electron chi connectivity index (χ0n) is 18.1. The number of carbonyl (C=O) groups excluding carboxylic acids is 1. The predicted octanol–water partition coefficient (Wildman–Crippen LogP) is 4.69. The first kappa shape index (κ1) is 20.7. The highest BCUT2D eigenvalue weighted by Crippen LogP contribution is 2.33. The second-order valence-electron chi connectivity index (χ2n) is 8.23. The molecule has 1 amide bonds. The molecule has 6 nitrogen and oxygen atoms in total. The number of aromatic nitrogens is 1. The van der Waals surface area contributed by atoms with Crippen LogP contribution in [-0.4, -0.2) is 41.5 Å². The quantitative estimate of drug-likeness (QED) is 0.619. The summed E-state index contributed by atoms with van der Waals surface area (Å²) in [5, 5.41) is 9.89. The number of hydrogen-bond acceptors (Lipinski definition) is 5. The Balaban J connectivity index is 1.65. The Morgan fingerprint density at radius 3 is 2.61 bits per heavy atom. The lowest BCUT2D eigenvalue weighted by Gasteiger charge is -2.40. The third-order valence-electron chi connectivity index (χ3n) is 5.74. The van der Waals surface area contributed by atoms with Crippen LogP contribution in [0.25, 0.3) is 11.1 Å². The van der Waals surface area contributed by atoms with E-state index < -0.39 is 0 Å². The van der Waals surface area contributed by atoms with Crippen LogP contribution in [0.4, 0.5) is 5.82 Å². The molecule has 1 aliphatic rings. The van der Waals surface area contributed by atoms with Crippen LogP contribution in [-0.2, 0) is 0 Å². The van der Waals surface area contributed by atoms with Gasteiger partial charge in [-0.2, -0.15) is 5.26 Å². The van der Waals surface area contributed by atoms with Gasteiger partial charge in [0.05, 0.1) is 23.1 Å². The summed E-state index contributed by atoms with van der Waals surface area (Å²) in [6.07, 6.45) is 2.99. The second kappa shape index (κ2) is 8.65. The lowest BCUT2D eigenvalue weighted by molar-refractivity contribution is 0.0673. The number of anilines is 1. The van der Waals surface area contributed by atoms with Crippen molar-refractivity contribution in [2.75, 3.05) is 24.5 Å². The van der Waals surface area contributed by atoms with E-state index in [1.54, 1.807) is 6.07 Å². The van der Waals surface area contributed by atoms with E-state index >= 15 is 0 Å². The summed E-state index contributed by atoms with van der Waals surface area (Å²) in [5.41, 5.74) is 4.16. The largest absolute Gasteiger partial charge is 0.472 e. The van der Waals surface area contributed by atoms with Crippen molar-refractivity contribution >= 4 is 11.7 Å². The summed E-state index contributed by atoms with van der Waals surface area (Å²) in [6, 6.07) is 16.1. The zero-order chi connectivity index (χ0) is 22.0. The molecule has 3 heterocycles. The van der Waals surface area contributed by atoms with Gasteiger partial charge in [0, 0.05) is 31.2 Å². The van der Waals surface area contributed by atoms with Gasteiger partial charge in [0.1, 0.15) is 18.2 Å². The fraction of sp³-hybridized carbons (Fsp3) is 0.320. The minimum atomic E-state index is -0.0309. The van der Waals surface area contributed by atoms with Crippen LogP contribution in [0.1, 0.15) is 48.3 Å². The standard InChI is InChI=1S/C25H26N4O2/c1-17(2)23-22(19-7-5-4-6-8-19)13-21(14-26)24(27-23)28-10-11-29(18(3)15-28)25(30)20-9-12-31-16-20/h4-9,12-13,16-18H,10-11,15H2,1-3H3/t18-/m1/s1. The highest BCUT2D eigenvalue weighted by Gasteiger charge is 2.31. The van der Waals surface area contributed by atoms with Gasteiger partial charge < -0.3 is 14.2 Å². The van der Waals surface area contributed by atoms with E-state index in [-0.39, 0.29) is 17.9 Å². The number of nitrogens with zero attached hydrogens (tertiary/aromatic N) is 4. The normalized spacial score (nSPS) is 16.4. The minimum Gasteiger partial charge on any atom is -0.472 e. The number of hydrogen-bond donors (Lipinski definition) is 0. The second-order valence-corrected chi connectivity index (χ2v) is 8.23. The van der Waals surface area contributed by atoms with Crippen molar-refractivity contribution < 1.29 is 9.21 Å². The Hall–Kier alpha value is -3.59. The summed E-state index contributed by atoms with van der Waals surface area (Å²) in [7, 11) is 0. The molecule has 0 radical (unpaired) electrons. The van der Waals surface area contributed by atoms with Crippen molar-refractivity contribution in [1.82, 2.24) is 9.88 Å². The van der Waals surface area contributed by atoms with Crippen molar-refractivity contribution in [3.63, 3.8) is 0 Å². The monoisotopic (exact) mass is 414 g/mol. The van der Waals surface area contributed by atoms with Gasteiger partial charge >= 0.3 is 0 Å². The van der Waals surface area contributed by atoms with Crippen molar-refractivity contribution in [1.29, 1.82) is 5.26 Å². The topological polar surface area (TPSA) is 73.4 Å². The molecule has 158 valence electrons.